The van der Waals surface area contributed by atoms with Gasteiger partial charge in [-0.2, -0.15) is 0 Å². The van der Waals surface area contributed by atoms with Crippen molar-refractivity contribution in [2.24, 2.45) is 0 Å². The summed E-state index contributed by atoms with van der Waals surface area (Å²) in [6.07, 6.45) is 0. The number of rotatable bonds is 2. The molecule has 3 aromatic rings. The molecule has 0 aliphatic rings. The van der Waals surface area contributed by atoms with Crippen LogP contribution in [0, 0.1) is 5.41 Å². The summed E-state index contributed by atoms with van der Waals surface area (Å²) < 4.78 is 0. The van der Waals surface area contributed by atoms with Gasteiger partial charge in [-0.05, 0) is 31.2 Å². The molecule has 3 heteroatoms. The van der Waals surface area contributed by atoms with E-state index in [2.05, 4.69) is 28.5 Å². The molecule has 0 spiro atoms. The first-order valence-corrected chi connectivity index (χ1v) is 6.51. The molecular weight excluding hydrogens is 246 g/mol. The molecule has 1 heterocycles. The number of aromatic nitrogens is 1. The monoisotopic (exact) mass is 261 g/mol. The van der Waals surface area contributed by atoms with Gasteiger partial charge in [0.25, 0.3) is 0 Å². The molecule has 3 nitrogen and oxygen atoms in total. The smallest absolute Gasteiger partial charge is 0.0944 e. The van der Waals surface area contributed by atoms with Gasteiger partial charge < -0.3 is 5.32 Å². The van der Waals surface area contributed by atoms with Crippen molar-refractivity contribution in [3.63, 3.8) is 0 Å². The standard InChI is InChI=1S/C17H15N3/c1-12(18)19-15-8-10-17-14(11-15)7-9-16(20-17)13-5-3-2-4-6-13/h2-11H,1H3,(H2,18,19). The van der Waals surface area contributed by atoms with Crippen LogP contribution in [0.3, 0.4) is 0 Å². The minimum absolute atomic E-state index is 0.429. The van der Waals surface area contributed by atoms with Gasteiger partial charge in [-0.15, -0.1) is 0 Å². The lowest BCUT2D eigenvalue weighted by molar-refractivity contribution is 1.39. The van der Waals surface area contributed by atoms with Crippen LogP contribution < -0.4 is 5.32 Å². The maximum atomic E-state index is 7.46. The molecule has 0 aliphatic heterocycles. The number of nitrogens with one attached hydrogen (secondary N) is 2. The van der Waals surface area contributed by atoms with Gasteiger partial charge in [0.1, 0.15) is 0 Å². The maximum absolute atomic E-state index is 7.46. The van der Waals surface area contributed by atoms with Gasteiger partial charge in [0.15, 0.2) is 0 Å². The fourth-order valence-electron chi connectivity index (χ4n) is 2.19. The van der Waals surface area contributed by atoms with Crippen LogP contribution in [-0.2, 0) is 0 Å². The Morgan fingerprint density at radius 2 is 1.80 bits per heavy atom. The fraction of sp³-hybridized carbons (Fsp3) is 0.0588. The molecule has 3 rings (SSSR count). The molecule has 98 valence electrons. The van der Waals surface area contributed by atoms with E-state index < -0.39 is 0 Å². The van der Waals surface area contributed by atoms with Crippen LogP contribution in [0.15, 0.2) is 60.7 Å². The third kappa shape index (κ3) is 2.52. The molecule has 0 unspecified atom stereocenters. The van der Waals surface area contributed by atoms with Crippen molar-refractivity contribution >= 4 is 22.4 Å². The molecule has 0 fully saturated rings. The van der Waals surface area contributed by atoms with Gasteiger partial charge in [-0.1, -0.05) is 36.4 Å². The fourth-order valence-corrected chi connectivity index (χ4v) is 2.19. The van der Waals surface area contributed by atoms with Gasteiger partial charge in [-0.25, -0.2) is 4.98 Å². The highest BCUT2D eigenvalue weighted by molar-refractivity contribution is 5.94. The zero-order valence-electron chi connectivity index (χ0n) is 11.2. The summed E-state index contributed by atoms with van der Waals surface area (Å²) in [4.78, 5) is 4.68. The lowest BCUT2D eigenvalue weighted by atomic mass is 10.1. The van der Waals surface area contributed by atoms with Crippen LogP contribution in [0.4, 0.5) is 5.69 Å². The van der Waals surface area contributed by atoms with Crippen molar-refractivity contribution in [1.29, 1.82) is 5.41 Å². The number of benzene rings is 2. The summed E-state index contributed by atoms with van der Waals surface area (Å²) >= 11 is 0. The SMILES string of the molecule is CC(=N)Nc1ccc2nc(-c3ccccc3)ccc2c1. The molecule has 20 heavy (non-hydrogen) atoms. The third-order valence-corrected chi connectivity index (χ3v) is 3.09. The summed E-state index contributed by atoms with van der Waals surface area (Å²) in [7, 11) is 0. The van der Waals surface area contributed by atoms with E-state index in [1.165, 1.54) is 0 Å². The molecule has 2 N–H and O–H groups in total. The normalized spacial score (nSPS) is 10.4. The molecule has 0 amide bonds. The Balaban J connectivity index is 2.03. The first-order chi connectivity index (χ1) is 9.72. The summed E-state index contributed by atoms with van der Waals surface area (Å²) in [5, 5.41) is 11.5. The first kappa shape index (κ1) is 12.4. The van der Waals surface area contributed by atoms with Crippen LogP contribution in [0.1, 0.15) is 6.92 Å². The highest BCUT2D eigenvalue weighted by atomic mass is 14.9. The number of pyridine rings is 1. The quantitative estimate of drug-likeness (QED) is 0.533. The minimum atomic E-state index is 0.429. The van der Waals surface area contributed by atoms with Crippen LogP contribution in [0.2, 0.25) is 0 Å². The summed E-state index contributed by atoms with van der Waals surface area (Å²) in [6, 6.07) is 20.2. The Bertz CT molecular complexity index is 764. The van der Waals surface area contributed by atoms with E-state index in [1.54, 1.807) is 6.92 Å². The molecule has 0 bridgehead atoms. The lowest BCUT2D eigenvalue weighted by Crippen LogP contribution is -2.04. The Morgan fingerprint density at radius 1 is 1.00 bits per heavy atom. The molecule has 1 aromatic heterocycles. The Labute approximate surface area is 117 Å². The largest absolute Gasteiger partial charge is 0.344 e. The van der Waals surface area contributed by atoms with Crippen molar-refractivity contribution in [3.8, 4) is 11.3 Å². The number of hydrogen-bond acceptors (Lipinski definition) is 2. The van der Waals surface area contributed by atoms with E-state index in [1.807, 2.05) is 42.5 Å². The number of fused-ring (bicyclic) bond motifs is 1. The van der Waals surface area contributed by atoms with Gasteiger partial charge in [-0.3, -0.25) is 5.41 Å². The summed E-state index contributed by atoms with van der Waals surface area (Å²) in [6.45, 7) is 1.72. The predicted molar refractivity (Wildman–Crippen MR) is 84.2 cm³/mol. The molecule has 0 saturated heterocycles. The third-order valence-electron chi connectivity index (χ3n) is 3.09. The van der Waals surface area contributed by atoms with Crippen LogP contribution >= 0.6 is 0 Å². The summed E-state index contributed by atoms with van der Waals surface area (Å²) in [5.41, 5.74) is 3.97. The number of amidine groups is 1. The second-order valence-electron chi connectivity index (χ2n) is 4.72. The maximum Gasteiger partial charge on any atom is 0.0944 e. The Morgan fingerprint density at radius 3 is 2.55 bits per heavy atom. The molecule has 0 aliphatic carbocycles. The van der Waals surface area contributed by atoms with Crippen molar-refractivity contribution in [2.45, 2.75) is 6.92 Å². The molecular formula is C17H15N3. The van der Waals surface area contributed by atoms with Crippen LogP contribution in [0.25, 0.3) is 22.2 Å². The van der Waals surface area contributed by atoms with E-state index >= 15 is 0 Å². The zero-order valence-corrected chi connectivity index (χ0v) is 11.2. The number of hydrogen-bond donors (Lipinski definition) is 2. The minimum Gasteiger partial charge on any atom is -0.344 e. The topological polar surface area (TPSA) is 48.8 Å². The Kier molecular flexibility index (Phi) is 3.17. The van der Waals surface area contributed by atoms with Crippen molar-refractivity contribution < 1.29 is 0 Å². The van der Waals surface area contributed by atoms with E-state index in [0.29, 0.717) is 5.84 Å². The number of nitrogens with zero attached hydrogens (tertiary/aromatic N) is 1. The van der Waals surface area contributed by atoms with Gasteiger partial charge >= 0.3 is 0 Å². The molecule has 2 aromatic carbocycles. The predicted octanol–water partition coefficient (Wildman–Crippen LogP) is 4.31. The first-order valence-electron chi connectivity index (χ1n) is 6.51. The van der Waals surface area contributed by atoms with Crippen molar-refractivity contribution in [3.05, 3.63) is 60.7 Å². The second kappa shape index (κ2) is 5.13. The van der Waals surface area contributed by atoms with E-state index in [4.69, 9.17) is 5.41 Å². The average molecular weight is 261 g/mol. The van der Waals surface area contributed by atoms with Gasteiger partial charge in [0.2, 0.25) is 0 Å². The Hall–Kier alpha value is -2.68. The molecule has 0 atom stereocenters. The highest BCUT2D eigenvalue weighted by Gasteiger charge is 2.02. The average Bonchev–Trinajstić information content (AvgIpc) is 2.47. The van der Waals surface area contributed by atoms with E-state index in [0.717, 1.165) is 27.8 Å². The summed E-state index contributed by atoms with van der Waals surface area (Å²) in [5.74, 6) is 0.429. The highest BCUT2D eigenvalue weighted by Crippen LogP contribution is 2.23. The van der Waals surface area contributed by atoms with Gasteiger partial charge in [0, 0.05) is 16.6 Å². The zero-order chi connectivity index (χ0) is 13.9. The molecule has 0 radical (unpaired) electrons. The van der Waals surface area contributed by atoms with Crippen molar-refractivity contribution in [2.75, 3.05) is 5.32 Å². The van der Waals surface area contributed by atoms with Crippen LogP contribution in [-0.4, -0.2) is 10.8 Å². The lowest BCUT2D eigenvalue weighted by Gasteiger charge is -2.07. The van der Waals surface area contributed by atoms with E-state index in [-0.39, 0.29) is 0 Å². The number of anilines is 1. The molecule has 0 saturated carbocycles. The van der Waals surface area contributed by atoms with Crippen molar-refractivity contribution in [1.82, 2.24) is 4.98 Å². The van der Waals surface area contributed by atoms with Crippen LogP contribution in [0.5, 0.6) is 0 Å². The van der Waals surface area contributed by atoms with Gasteiger partial charge in [0.05, 0.1) is 17.0 Å². The second-order valence-corrected chi connectivity index (χ2v) is 4.72. The van der Waals surface area contributed by atoms with E-state index in [9.17, 15) is 0 Å².